The predicted molar refractivity (Wildman–Crippen MR) is 140 cm³/mol. The minimum atomic E-state index is -3.87. The number of sulfonamides is 1. The summed E-state index contributed by atoms with van der Waals surface area (Å²) < 4.78 is 57.3. The largest absolute Gasteiger partial charge is 0.342 e. The van der Waals surface area contributed by atoms with E-state index in [1.165, 1.54) is 43.5 Å². The van der Waals surface area contributed by atoms with E-state index in [4.69, 9.17) is 23.7 Å². The summed E-state index contributed by atoms with van der Waals surface area (Å²) in [5, 5.41) is 5.32. The molecular weight excluding hydrogens is 544 g/mol. The van der Waals surface area contributed by atoms with Gasteiger partial charge in [-0.05, 0) is 71.0 Å². The molecule has 13 nitrogen and oxygen atoms in total. The number of aromatic nitrogens is 1. The Balaban J connectivity index is 1.21. The van der Waals surface area contributed by atoms with Gasteiger partial charge in [-0.3, -0.25) is 14.3 Å². The fourth-order valence-corrected chi connectivity index (χ4v) is 5.78. The van der Waals surface area contributed by atoms with Crippen LogP contribution in [-0.4, -0.2) is 73.5 Å². The van der Waals surface area contributed by atoms with E-state index in [0.29, 0.717) is 5.69 Å². The Hall–Kier alpha value is -3.14. The van der Waals surface area contributed by atoms with Crippen molar-refractivity contribution in [3.63, 3.8) is 0 Å². The first kappa shape index (κ1) is 28.4. The number of nitrogens with zero attached hydrogens (tertiary/aromatic N) is 1. The number of benzene rings is 1. The minimum absolute atomic E-state index is 0.0113. The standard InChI is InChI=1S/C26H32N4O9S/c1-14(22(31)29-15-9-11-16(12-10-15)40(33,34)30-17-8-6-7-13-27-17)28-23(32)20-18-19(37-25(2,3)36-18)21-24(35-20)39-26(4,5)38-21/h6-14,18-21,24H,1-5H3,(H,27,30)(H,28,32)(H,29,31)/t14-,18-,19+,20+,21+,24+/m0/s1. The normalized spacial score (nSPS) is 29.1. The van der Waals surface area contributed by atoms with Gasteiger partial charge in [-0.2, -0.15) is 0 Å². The number of hydrogen-bond donors (Lipinski definition) is 3. The molecule has 4 heterocycles. The zero-order chi connectivity index (χ0) is 28.9. The highest BCUT2D eigenvalue weighted by Gasteiger charge is 2.62. The van der Waals surface area contributed by atoms with Gasteiger partial charge in [-0.25, -0.2) is 13.4 Å². The molecule has 0 aliphatic carbocycles. The van der Waals surface area contributed by atoms with E-state index in [0.717, 1.165) is 0 Å². The third-order valence-corrected chi connectivity index (χ3v) is 7.87. The third-order valence-electron chi connectivity index (χ3n) is 6.50. The molecule has 14 heteroatoms. The van der Waals surface area contributed by atoms with Gasteiger partial charge in [0, 0.05) is 11.9 Å². The molecule has 0 spiro atoms. The van der Waals surface area contributed by atoms with Crippen molar-refractivity contribution in [1.82, 2.24) is 10.3 Å². The molecule has 6 atom stereocenters. The summed E-state index contributed by atoms with van der Waals surface area (Å²) >= 11 is 0. The van der Waals surface area contributed by atoms with Crippen LogP contribution in [0, 0.1) is 0 Å². The molecule has 1 aromatic heterocycles. The number of rotatable bonds is 7. The van der Waals surface area contributed by atoms with Crippen molar-refractivity contribution in [3.05, 3.63) is 48.7 Å². The van der Waals surface area contributed by atoms with Crippen LogP contribution in [0.4, 0.5) is 11.5 Å². The molecule has 3 aliphatic heterocycles. The van der Waals surface area contributed by atoms with E-state index in [2.05, 4.69) is 20.3 Å². The lowest BCUT2D eigenvalue weighted by Crippen LogP contribution is -2.60. The van der Waals surface area contributed by atoms with Crippen LogP contribution in [0.5, 0.6) is 0 Å². The lowest BCUT2D eigenvalue weighted by molar-refractivity contribution is -0.231. The van der Waals surface area contributed by atoms with Gasteiger partial charge in [0.1, 0.15) is 30.2 Å². The van der Waals surface area contributed by atoms with Crippen LogP contribution < -0.4 is 15.4 Å². The molecule has 3 N–H and O–H groups in total. The number of pyridine rings is 1. The minimum Gasteiger partial charge on any atom is -0.342 e. The average molecular weight is 577 g/mol. The number of carbonyl (C=O) groups is 2. The number of anilines is 2. The molecule has 1 aromatic carbocycles. The number of fused-ring (bicyclic) bond motifs is 3. The van der Waals surface area contributed by atoms with E-state index in [1.54, 1.807) is 39.8 Å². The molecular formula is C26H32N4O9S. The van der Waals surface area contributed by atoms with E-state index in [9.17, 15) is 18.0 Å². The smallest absolute Gasteiger partial charge is 0.263 e. The highest BCUT2D eigenvalue weighted by Crippen LogP contribution is 2.44. The lowest BCUT2D eigenvalue weighted by atomic mass is 9.98. The van der Waals surface area contributed by atoms with Crippen molar-refractivity contribution < 1.29 is 41.7 Å². The summed E-state index contributed by atoms with van der Waals surface area (Å²) in [5.41, 5.74) is 0.340. The van der Waals surface area contributed by atoms with Crippen LogP contribution in [0.1, 0.15) is 34.6 Å². The van der Waals surface area contributed by atoms with Crippen molar-refractivity contribution in [1.29, 1.82) is 0 Å². The Labute approximate surface area is 231 Å². The molecule has 0 saturated carbocycles. The van der Waals surface area contributed by atoms with Gasteiger partial charge >= 0.3 is 0 Å². The Kier molecular flexibility index (Phi) is 7.35. The summed E-state index contributed by atoms with van der Waals surface area (Å²) in [6, 6.07) is 9.48. The monoisotopic (exact) mass is 576 g/mol. The first-order valence-corrected chi connectivity index (χ1v) is 14.2. The van der Waals surface area contributed by atoms with Crippen LogP contribution in [0.25, 0.3) is 0 Å². The zero-order valence-electron chi connectivity index (χ0n) is 22.6. The second-order valence-corrected chi connectivity index (χ2v) is 12.3. The van der Waals surface area contributed by atoms with Gasteiger partial charge in [-0.15, -0.1) is 0 Å². The molecule has 3 saturated heterocycles. The first-order valence-electron chi connectivity index (χ1n) is 12.7. The van der Waals surface area contributed by atoms with Crippen molar-refractivity contribution in [2.24, 2.45) is 0 Å². The van der Waals surface area contributed by atoms with Crippen molar-refractivity contribution in [2.75, 3.05) is 10.0 Å². The van der Waals surface area contributed by atoms with E-state index in [-0.39, 0.29) is 10.7 Å². The molecule has 3 aliphatic rings. The van der Waals surface area contributed by atoms with Crippen molar-refractivity contribution in [2.45, 2.75) is 87.8 Å². The van der Waals surface area contributed by atoms with Gasteiger partial charge in [-0.1, -0.05) is 6.07 Å². The maximum atomic E-state index is 13.2. The average Bonchev–Trinajstić information content (AvgIpc) is 3.37. The Bertz CT molecular complexity index is 1370. The number of hydrogen-bond acceptors (Lipinski definition) is 10. The Morgan fingerprint density at radius 1 is 0.900 bits per heavy atom. The fraction of sp³-hybridized carbons (Fsp3) is 0.500. The molecule has 0 radical (unpaired) electrons. The number of amides is 2. The van der Waals surface area contributed by atoms with Crippen LogP contribution in [0.3, 0.4) is 0 Å². The maximum Gasteiger partial charge on any atom is 0.263 e. The zero-order valence-corrected chi connectivity index (χ0v) is 23.4. The van der Waals surface area contributed by atoms with Crippen LogP contribution in [0.2, 0.25) is 0 Å². The molecule has 2 aromatic rings. The van der Waals surface area contributed by atoms with Gasteiger partial charge in [0.2, 0.25) is 5.91 Å². The molecule has 0 bridgehead atoms. The molecule has 40 heavy (non-hydrogen) atoms. The summed E-state index contributed by atoms with van der Waals surface area (Å²) in [6.07, 6.45) is -2.47. The molecule has 216 valence electrons. The van der Waals surface area contributed by atoms with Crippen molar-refractivity contribution in [3.8, 4) is 0 Å². The number of ether oxygens (including phenoxy) is 5. The Morgan fingerprint density at radius 3 is 2.23 bits per heavy atom. The van der Waals surface area contributed by atoms with Crippen LogP contribution in [-0.2, 0) is 43.3 Å². The number of nitrogens with one attached hydrogen (secondary N) is 3. The van der Waals surface area contributed by atoms with Gasteiger partial charge in [0.25, 0.3) is 15.9 Å². The first-order chi connectivity index (χ1) is 18.7. The highest BCUT2D eigenvalue weighted by molar-refractivity contribution is 7.92. The Morgan fingerprint density at radius 2 is 1.55 bits per heavy atom. The second kappa shape index (κ2) is 10.4. The van der Waals surface area contributed by atoms with Gasteiger partial charge in [0.05, 0.1) is 4.90 Å². The van der Waals surface area contributed by atoms with Crippen molar-refractivity contribution >= 4 is 33.3 Å². The van der Waals surface area contributed by atoms with Gasteiger partial charge < -0.3 is 34.3 Å². The van der Waals surface area contributed by atoms with E-state index >= 15 is 0 Å². The molecule has 2 amide bonds. The van der Waals surface area contributed by atoms with Crippen LogP contribution >= 0.6 is 0 Å². The quantitative estimate of drug-likeness (QED) is 0.442. The predicted octanol–water partition coefficient (Wildman–Crippen LogP) is 1.72. The summed E-state index contributed by atoms with van der Waals surface area (Å²) in [6.45, 7) is 8.46. The fourth-order valence-electron chi connectivity index (χ4n) is 4.77. The number of carbonyl (C=O) groups excluding carboxylic acids is 2. The lowest BCUT2D eigenvalue weighted by Gasteiger charge is -2.36. The highest BCUT2D eigenvalue weighted by atomic mass is 32.2. The van der Waals surface area contributed by atoms with E-state index in [1.807, 2.05) is 0 Å². The van der Waals surface area contributed by atoms with Gasteiger partial charge in [0.15, 0.2) is 24.0 Å². The summed E-state index contributed by atoms with van der Waals surface area (Å²) in [7, 11) is -3.87. The molecule has 0 unspecified atom stereocenters. The topological polar surface area (TPSA) is 163 Å². The van der Waals surface area contributed by atoms with E-state index < -0.39 is 70.2 Å². The van der Waals surface area contributed by atoms with Crippen LogP contribution in [0.15, 0.2) is 53.6 Å². The second-order valence-electron chi connectivity index (χ2n) is 10.7. The molecule has 5 rings (SSSR count). The molecule has 3 fully saturated rings. The SMILES string of the molecule is C[C@H](NC(=O)[C@@H]1O[C@@H]2OC(C)(C)O[C@@H]2[C@@H]2OC(C)(C)O[C@@H]21)C(=O)Nc1ccc(S(=O)(=O)Nc2ccccn2)cc1. The summed E-state index contributed by atoms with van der Waals surface area (Å²) in [4.78, 5) is 30.0. The third kappa shape index (κ3) is 5.96. The maximum absolute atomic E-state index is 13.2. The summed E-state index contributed by atoms with van der Waals surface area (Å²) in [5.74, 6) is -2.82.